The number of nitrogens with one attached hydrogen (secondary N) is 1. The van der Waals surface area contributed by atoms with Crippen LogP contribution >= 0.6 is 0 Å². The summed E-state index contributed by atoms with van der Waals surface area (Å²) < 4.78 is 10.0. The third kappa shape index (κ3) is 2.60. The molecule has 0 spiro atoms. The lowest BCUT2D eigenvalue weighted by Gasteiger charge is -2.09. The number of ether oxygens (including phenoxy) is 2. The third-order valence-corrected chi connectivity index (χ3v) is 1.85. The highest BCUT2D eigenvalue weighted by Crippen LogP contribution is 2.23. The maximum absolute atomic E-state index is 11.5. The van der Waals surface area contributed by atoms with E-state index in [2.05, 4.69) is 10.3 Å². The van der Waals surface area contributed by atoms with Crippen molar-refractivity contribution < 1.29 is 19.1 Å². The summed E-state index contributed by atoms with van der Waals surface area (Å²) >= 11 is 0. The smallest absolute Gasteiger partial charge is 0.278 e. The lowest BCUT2D eigenvalue weighted by molar-refractivity contribution is 0.0534. The Kier molecular flexibility index (Phi) is 3.93. The number of carbonyl (C=O) groups is 1. The van der Waals surface area contributed by atoms with Crippen LogP contribution in [0.5, 0.6) is 11.5 Å². The van der Waals surface area contributed by atoms with E-state index in [4.69, 9.17) is 9.47 Å². The topological polar surface area (TPSA) is 56.8 Å². The van der Waals surface area contributed by atoms with Gasteiger partial charge in [-0.15, -0.1) is 0 Å². The van der Waals surface area contributed by atoms with E-state index in [-0.39, 0.29) is 5.91 Å². The minimum absolute atomic E-state index is 0.360. The average molecular weight is 211 g/mol. The molecule has 0 bridgehead atoms. The number of hydroxylamine groups is 1. The highest BCUT2D eigenvalue weighted by atomic mass is 16.6. The summed E-state index contributed by atoms with van der Waals surface area (Å²) in [5, 5.41) is 0. The first-order valence-corrected chi connectivity index (χ1v) is 4.28. The van der Waals surface area contributed by atoms with Gasteiger partial charge in [-0.2, -0.15) is 0 Å². The van der Waals surface area contributed by atoms with Crippen LogP contribution < -0.4 is 15.0 Å². The fourth-order valence-electron chi connectivity index (χ4n) is 1.14. The second kappa shape index (κ2) is 5.21. The van der Waals surface area contributed by atoms with Crippen molar-refractivity contribution in [3.8, 4) is 11.5 Å². The molecule has 0 aliphatic carbocycles. The Morgan fingerprint density at radius 2 is 1.93 bits per heavy atom. The molecule has 1 aromatic rings. The van der Waals surface area contributed by atoms with Gasteiger partial charge in [0.05, 0.1) is 26.9 Å². The quantitative estimate of drug-likeness (QED) is 0.755. The fourth-order valence-corrected chi connectivity index (χ4v) is 1.14. The average Bonchev–Trinajstić information content (AvgIpc) is 2.28. The SMILES string of the molecule is CONC(=O)c1cc(OC)ccc1OC. The van der Waals surface area contributed by atoms with Crippen molar-refractivity contribution in [2.24, 2.45) is 0 Å². The van der Waals surface area contributed by atoms with Crippen LogP contribution in [0.15, 0.2) is 18.2 Å². The predicted molar refractivity (Wildman–Crippen MR) is 54.0 cm³/mol. The lowest BCUT2D eigenvalue weighted by atomic mass is 10.2. The predicted octanol–water partition coefficient (Wildman–Crippen LogP) is 0.995. The molecule has 0 saturated carbocycles. The van der Waals surface area contributed by atoms with Gasteiger partial charge < -0.3 is 9.47 Å². The van der Waals surface area contributed by atoms with Gasteiger partial charge in [-0.05, 0) is 18.2 Å². The minimum atomic E-state index is -0.381. The molecule has 0 radical (unpaired) electrons. The van der Waals surface area contributed by atoms with Crippen molar-refractivity contribution in [3.05, 3.63) is 23.8 Å². The van der Waals surface area contributed by atoms with Crippen LogP contribution in [-0.4, -0.2) is 27.2 Å². The standard InChI is InChI=1S/C10H13NO4/c1-13-7-4-5-9(14-2)8(6-7)10(12)11-15-3/h4-6H,1-3H3,(H,11,12). The molecule has 0 aliphatic rings. The summed E-state index contributed by atoms with van der Waals surface area (Å²) in [6.07, 6.45) is 0. The van der Waals surface area contributed by atoms with E-state index in [1.165, 1.54) is 21.3 Å². The van der Waals surface area contributed by atoms with Gasteiger partial charge in [0.2, 0.25) is 0 Å². The van der Waals surface area contributed by atoms with Crippen LogP contribution in [0.25, 0.3) is 0 Å². The molecule has 0 aliphatic heterocycles. The van der Waals surface area contributed by atoms with Gasteiger partial charge in [0.15, 0.2) is 0 Å². The number of methoxy groups -OCH3 is 2. The third-order valence-electron chi connectivity index (χ3n) is 1.85. The molecule has 1 rings (SSSR count). The maximum atomic E-state index is 11.5. The van der Waals surface area contributed by atoms with Crippen molar-refractivity contribution in [2.75, 3.05) is 21.3 Å². The van der Waals surface area contributed by atoms with Gasteiger partial charge in [0, 0.05) is 0 Å². The summed E-state index contributed by atoms with van der Waals surface area (Å²) in [5.41, 5.74) is 2.57. The molecule has 1 amide bonds. The highest BCUT2D eigenvalue weighted by Gasteiger charge is 2.12. The summed E-state index contributed by atoms with van der Waals surface area (Å²) in [6, 6.07) is 4.94. The van der Waals surface area contributed by atoms with Crippen LogP contribution in [0.3, 0.4) is 0 Å². The van der Waals surface area contributed by atoms with E-state index in [1.54, 1.807) is 18.2 Å². The second-order valence-corrected chi connectivity index (χ2v) is 2.70. The molecule has 0 aromatic heterocycles. The van der Waals surface area contributed by atoms with Crippen LogP contribution in [0.4, 0.5) is 0 Å². The summed E-state index contributed by atoms with van der Waals surface area (Å²) in [4.78, 5) is 16.1. The van der Waals surface area contributed by atoms with E-state index in [0.717, 1.165) is 0 Å². The first-order chi connectivity index (χ1) is 7.22. The number of hydrogen-bond acceptors (Lipinski definition) is 4. The number of hydrogen-bond donors (Lipinski definition) is 1. The summed E-state index contributed by atoms with van der Waals surface area (Å²) in [6.45, 7) is 0. The normalized spacial score (nSPS) is 9.53. The van der Waals surface area contributed by atoms with Gasteiger partial charge in [-0.25, -0.2) is 5.48 Å². The van der Waals surface area contributed by atoms with E-state index in [0.29, 0.717) is 17.1 Å². The second-order valence-electron chi connectivity index (χ2n) is 2.70. The molecule has 5 heteroatoms. The zero-order valence-electron chi connectivity index (χ0n) is 8.87. The van der Waals surface area contributed by atoms with E-state index in [9.17, 15) is 4.79 Å². The molecule has 0 heterocycles. The fraction of sp³-hybridized carbons (Fsp3) is 0.300. The number of rotatable bonds is 4. The largest absolute Gasteiger partial charge is 0.497 e. The van der Waals surface area contributed by atoms with E-state index in [1.807, 2.05) is 0 Å². The Balaban J connectivity index is 3.05. The Labute approximate surface area is 87.9 Å². The molecule has 15 heavy (non-hydrogen) atoms. The molecule has 1 aromatic carbocycles. The molecule has 0 unspecified atom stereocenters. The molecular formula is C10H13NO4. The van der Waals surface area contributed by atoms with Crippen LogP contribution in [0, 0.1) is 0 Å². The van der Waals surface area contributed by atoms with Crippen LogP contribution in [-0.2, 0) is 4.84 Å². The molecule has 0 atom stereocenters. The Morgan fingerprint density at radius 3 is 2.47 bits per heavy atom. The van der Waals surface area contributed by atoms with E-state index >= 15 is 0 Å². The van der Waals surface area contributed by atoms with Crippen molar-refractivity contribution in [2.45, 2.75) is 0 Å². The van der Waals surface area contributed by atoms with Crippen LogP contribution in [0.2, 0.25) is 0 Å². The zero-order chi connectivity index (χ0) is 11.3. The maximum Gasteiger partial charge on any atom is 0.278 e. The van der Waals surface area contributed by atoms with Gasteiger partial charge in [-0.1, -0.05) is 0 Å². The first-order valence-electron chi connectivity index (χ1n) is 4.28. The van der Waals surface area contributed by atoms with Gasteiger partial charge in [0.25, 0.3) is 5.91 Å². The van der Waals surface area contributed by atoms with E-state index < -0.39 is 0 Å². The summed E-state index contributed by atoms with van der Waals surface area (Å²) in [5.74, 6) is 0.663. The first kappa shape index (κ1) is 11.3. The van der Waals surface area contributed by atoms with Crippen molar-refractivity contribution >= 4 is 5.91 Å². The Hall–Kier alpha value is -1.75. The van der Waals surface area contributed by atoms with Crippen molar-refractivity contribution in [3.63, 3.8) is 0 Å². The monoisotopic (exact) mass is 211 g/mol. The molecule has 0 saturated heterocycles. The number of amides is 1. The molecule has 82 valence electrons. The molecule has 5 nitrogen and oxygen atoms in total. The summed E-state index contributed by atoms with van der Waals surface area (Å²) in [7, 11) is 4.38. The van der Waals surface area contributed by atoms with Gasteiger partial charge in [-0.3, -0.25) is 9.63 Å². The van der Waals surface area contributed by atoms with Gasteiger partial charge >= 0.3 is 0 Å². The van der Waals surface area contributed by atoms with Crippen LogP contribution in [0.1, 0.15) is 10.4 Å². The highest BCUT2D eigenvalue weighted by molar-refractivity contribution is 5.96. The van der Waals surface area contributed by atoms with Gasteiger partial charge in [0.1, 0.15) is 11.5 Å². The Bertz CT molecular complexity index is 351. The Morgan fingerprint density at radius 1 is 1.20 bits per heavy atom. The van der Waals surface area contributed by atoms with Crippen molar-refractivity contribution in [1.29, 1.82) is 0 Å². The molecule has 0 fully saturated rings. The molecule has 1 N–H and O–H groups in total. The van der Waals surface area contributed by atoms with Crippen molar-refractivity contribution in [1.82, 2.24) is 5.48 Å². The number of benzene rings is 1. The minimum Gasteiger partial charge on any atom is -0.497 e. The zero-order valence-corrected chi connectivity index (χ0v) is 8.87. The number of carbonyl (C=O) groups excluding carboxylic acids is 1. The molecular weight excluding hydrogens is 198 g/mol. The lowest BCUT2D eigenvalue weighted by Crippen LogP contribution is -2.22.